The third kappa shape index (κ3) is 3.30. The van der Waals surface area contributed by atoms with Crippen LogP contribution in [0.1, 0.15) is 11.3 Å². The first-order valence-corrected chi connectivity index (χ1v) is 8.52. The monoisotopic (exact) mass is 394 g/mol. The molecule has 0 N–H and O–H groups in total. The highest BCUT2D eigenvalue weighted by atomic mass is 35.5. The Morgan fingerprint density at radius 2 is 1.86 bits per heavy atom. The SMILES string of the molecule is O=C1ON=C(c2ccccc2)/C1=C/c1ccc(-c2cc([N+](=O)[O-])ccc2Cl)o1. The number of non-ortho nitro benzene ring substituents is 1. The molecule has 0 atom stereocenters. The number of carbonyl (C=O) groups is 1. The smallest absolute Gasteiger partial charge is 0.368 e. The maximum atomic E-state index is 12.1. The minimum atomic E-state index is -0.592. The van der Waals surface area contributed by atoms with Crippen molar-refractivity contribution >= 4 is 35.0 Å². The molecule has 4 rings (SSSR count). The quantitative estimate of drug-likeness (QED) is 0.273. The highest BCUT2D eigenvalue weighted by Crippen LogP contribution is 2.33. The van der Waals surface area contributed by atoms with Crippen molar-refractivity contribution < 1.29 is 19.0 Å². The summed E-state index contributed by atoms with van der Waals surface area (Å²) >= 11 is 6.15. The molecule has 2 heterocycles. The summed E-state index contributed by atoms with van der Waals surface area (Å²) in [6.07, 6.45) is 1.51. The van der Waals surface area contributed by atoms with Gasteiger partial charge in [-0.05, 0) is 24.3 Å². The van der Waals surface area contributed by atoms with Gasteiger partial charge in [0.1, 0.15) is 17.2 Å². The van der Waals surface area contributed by atoms with E-state index in [4.69, 9.17) is 20.9 Å². The van der Waals surface area contributed by atoms with E-state index in [2.05, 4.69) is 5.16 Å². The summed E-state index contributed by atoms with van der Waals surface area (Å²) in [5.41, 5.74) is 1.65. The van der Waals surface area contributed by atoms with Crippen molar-refractivity contribution in [1.82, 2.24) is 0 Å². The molecule has 0 amide bonds. The number of nitro benzene ring substituents is 1. The van der Waals surface area contributed by atoms with Gasteiger partial charge >= 0.3 is 5.97 Å². The van der Waals surface area contributed by atoms with E-state index < -0.39 is 10.9 Å². The fraction of sp³-hybridized carbons (Fsp3) is 0. The number of carbonyl (C=O) groups excluding carboxylic acids is 1. The molecule has 0 radical (unpaired) electrons. The summed E-state index contributed by atoms with van der Waals surface area (Å²) in [5.74, 6) is 0.102. The maximum Gasteiger partial charge on any atom is 0.368 e. The van der Waals surface area contributed by atoms with Crippen molar-refractivity contribution in [2.75, 3.05) is 0 Å². The Hall–Kier alpha value is -3.71. The van der Waals surface area contributed by atoms with Gasteiger partial charge in [0.2, 0.25) is 0 Å². The van der Waals surface area contributed by atoms with E-state index in [1.54, 1.807) is 12.1 Å². The molecule has 1 aliphatic heterocycles. The second-order valence-corrected chi connectivity index (χ2v) is 6.27. The molecule has 1 aliphatic rings. The maximum absolute atomic E-state index is 12.1. The van der Waals surface area contributed by atoms with Gasteiger partial charge < -0.3 is 9.25 Å². The van der Waals surface area contributed by atoms with Gasteiger partial charge in [-0.2, -0.15) is 0 Å². The van der Waals surface area contributed by atoms with Gasteiger partial charge in [-0.15, -0.1) is 0 Å². The standard InChI is InChI=1S/C20H11ClN2O5/c21-17-8-6-13(23(25)26)10-15(17)18-9-7-14(27-18)11-16-19(22-28-20(16)24)12-4-2-1-3-5-12/h1-11H/b16-11-. The average molecular weight is 395 g/mol. The molecule has 1 aromatic heterocycles. The van der Waals surface area contributed by atoms with Gasteiger partial charge in [0.15, 0.2) is 0 Å². The van der Waals surface area contributed by atoms with Gasteiger partial charge in [-0.1, -0.05) is 47.1 Å². The van der Waals surface area contributed by atoms with Crippen molar-refractivity contribution in [3.63, 3.8) is 0 Å². The molecular weight excluding hydrogens is 384 g/mol. The number of rotatable bonds is 4. The zero-order chi connectivity index (χ0) is 19.7. The second-order valence-electron chi connectivity index (χ2n) is 5.87. The van der Waals surface area contributed by atoms with Crippen LogP contribution in [-0.4, -0.2) is 16.6 Å². The van der Waals surface area contributed by atoms with Crippen LogP contribution >= 0.6 is 11.6 Å². The van der Waals surface area contributed by atoms with Crippen LogP contribution in [0.15, 0.2) is 75.8 Å². The number of benzene rings is 2. The van der Waals surface area contributed by atoms with Crippen LogP contribution in [0.5, 0.6) is 0 Å². The first-order valence-electron chi connectivity index (χ1n) is 8.14. The number of hydrogen-bond donors (Lipinski definition) is 0. The fourth-order valence-electron chi connectivity index (χ4n) is 2.75. The lowest BCUT2D eigenvalue weighted by molar-refractivity contribution is -0.384. The van der Waals surface area contributed by atoms with E-state index >= 15 is 0 Å². The topological polar surface area (TPSA) is 94.9 Å². The molecule has 2 aromatic carbocycles. The molecule has 7 nitrogen and oxygen atoms in total. The number of halogens is 1. The van der Waals surface area contributed by atoms with Crippen molar-refractivity contribution in [3.05, 3.63) is 92.7 Å². The first-order chi connectivity index (χ1) is 13.5. The van der Waals surface area contributed by atoms with E-state index in [-0.39, 0.29) is 11.3 Å². The van der Waals surface area contributed by atoms with Crippen LogP contribution in [0.25, 0.3) is 17.4 Å². The first kappa shape index (κ1) is 17.7. The van der Waals surface area contributed by atoms with Crippen molar-refractivity contribution in [1.29, 1.82) is 0 Å². The molecule has 8 heteroatoms. The predicted molar refractivity (Wildman–Crippen MR) is 103 cm³/mol. The van der Waals surface area contributed by atoms with Gasteiger partial charge in [0, 0.05) is 23.3 Å². The minimum absolute atomic E-state index is 0.103. The zero-order valence-electron chi connectivity index (χ0n) is 14.2. The lowest BCUT2D eigenvalue weighted by Crippen LogP contribution is -2.06. The average Bonchev–Trinajstić information content (AvgIpc) is 3.30. The van der Waals surface area contributed by atoms with E-state index in [1.165, 1.54) is 24.3 Å². The molecule has 0 spiro atoms. The Kier molecular flexibility index (Phi) is 4.50. The molecule has 0 bridgehead atoms. The third-order valence-electron chi connectivity index (χ3n) is 4.08. The van der Waals surface area contributed by atoms with E-state index in [9.17, 15) is 14.9 Å². The number of nitrogens with zero attached hydrogens (tertiary/aromatic N) is 2. The van der Waals surface area contributed by atoms with Gasteiger partial charge in [-0.25, -0.2) is 4.79 Å². The lowest BCUT2D eigenvalue weighted by atomic mass is 10.0. The van der Waals surface area contributed by atoms with E-state index in [0.29, 0.717) is 27.8 Å². The molecule has 0 saturated heterocycles. The van der Waals surface area contributed by atoms with Crippen LogP contribution in [0.3, 0.4) is 0 Å². The summed E-state index contributed by atoms with van der Waals surface area (Å²) in [4.78, 5) is 27.4. The van der Waals surface area contributed by atoms with Crippen molar-refractivity contribution in [2.45, 2.75) is 0 Å². The van der Waals surface area contributed by atoms with Crippen LogP contribution in [-0.2, 0) is 9.63 Å². The Morgan fingerprint density at radius 1 is 1.07 bits per heavy atom. The van der Waals surface area contributed by atoms with Crippen LogP contribution in [0, 0.1) is 10.1 Å². The van der Waals surface area contributed by atoms with Crippen molar-refractivity contribution in [2.24, 2.45) is 5.16 Å². The lowest BCUT2D eigenvalue weighted by Gasteiger charge is -2.01. The van der Waals surface area contributed by atoms with Crippen LogP contribution in [0.2, 0.25) is 5.02 Å². The van der Waals surface area contributed by atoms with Crippen molar-refractivity contribution in [3.8, 4) is 11.3 Å². The van der Waals surface area contributed by atoms with E-state index in [0.717, 1.165) is 5.56 Å². The highest BCUT2D eigenvalue weighted by Gasteiger charge is 2.27. The Morgan fingerprint density at radius 3 is 2.61 bits per heavy atom. The summed E-state index contributed by atoms with van der Waals surface area (Å²) < 4.78 is 5.73. The minimum Gasteiger partial charge on any atom is -0.457 e. The Bertz CT molecular complexity index is 1150. The number of oxime groups is 1. The summed E-state index contributed by atoms with van der Waals surface area (Å²) in [6, 6.07) is 16.5. The second kappa shape index (κ2) is 7.13. The number of furan rings is 1. The molecule has 3 aromatic rings. The molecule has 28 heavy (non-hydrogen) atoms. The normalized spacial score (nSPS) is 14.8. The van der Waals surface area contributed by atoms with Crippen LogP contribution in [0.4, 0.5) is 5.69 Å². The Balaban J connectivity index is 1.70. The molecule has 0 fully saturated rings. The largest absolute Gasteiger partial charge is 0.457 e. The summed E-state index contributed by atoms with van der Waals surface area (Å²) in [6.45, 7) is 0. The number of hydrogen-bond acceptors (Lipinski definition) is 6. The summed E-state index contributed by atoms with van der Waals surface area (Å²) in [5, 5.41) is 15.1. The predicted octanol–water partition coefficient (Wildman–Crippen LogP) is 4.85. The molecule has 0 unspecified atom stereocenters. The summed E-state index contributed by atoms with van der Waals surface area (Å²) in [7, 11) is 0. The zero-order valence-corrected chi connectivity index (χ0v) is 14.9. The molecular formula is C20H11ClN2O5. The van der Waals surface area contributed by atoms with Gasteiger partial charge in [-0.3, -0.25) is 10.1 Å². The fourth-order valence-corrected chi connectivity index (χ4v) is 2.96. The molecule has 0 saturated carbocycles. The molecule has 0 aliphatic carbocycles. The van der Waals surface area contributed by atoms with Crippen LogP contribution < -0.4 is 0 Å². The van der Waals surface area contributed by atoms with Gasteiger partial charge in [0.25, 0.3) is 5.69 Å². The van der Waals surface area contributed by atoms with E-state index in [1.807, 2.05) is 30.3 Å². The van der Waals surface area contributed by atoms with Gasteiger partial charge in [0.05, 0.1) is 15.5 Å². The molecule has 138 valence electrons. The third-order valence-corrected chi connectivity index (χ3v) is 4.41. The Labute approximate surface area is 163 Å². The number of nitro groups is 1. The highest BCUT2D eigenvalue weighted by molar-refractivity contribution is 6.33.